The van der Waals surface area contributed by atoms with E-state index in [0.29, 0.717) is 12.8 Å². The fourth-order valence-electron chi connectivity index (χ4n) is 4.15. The van der Waals surface area contributed by atoms with E-state index in [4.69, 9.17) is 0 Å². The van der Waals surface area contributed by atoms with Crippen LogP contribution in [0.25, 0.3) is 0 Å². The highest BCUT2D eigenvalue weighted by atomic mass is 19.4. The molecule has 16 heteroatoms. The highest BCUT2D eigenvalue weighted by Gasteiger charge is 2.39. The summed E-state index contributed by atoms with van der Waals surface area (Å²) >= 11 is 0. The van der Waals surface area contributed by atoms with Gasteiger partial charge in [-0.25, -0.2) is 0 Å². The first-order valence-corrected chi connectivity index (χ1v) is 11.4. The van der Waals surface area contributed by atoms with Crippen molar-refractivity contribution in [2.24, 2.45) is 0 Å². The predicted octanol–water partition coefficient (Wildman–Crippen LogP) is 7.23. The normalized spacial score (nSPS) is 18.8. The fraction of sp³-hybridized carbons (Fsp3) is 0.417. The summed E-state index contributed by atoms with van der Waals surface area (Å²) in [5.74, 6) is -2.72. The molecule has 2 aromatic rings. The number of hydrogen-bond acceptors (Lipinski definition) is 2. The van der Waals surface area contributed by atoms with Crippen LogP contribution in [-0.4, -0.2) is 23.9 Å². The molecule has 1 fully saturated rings. The standard InChI is InChI=1S/C24H18F12N2O2/c25-21(26,27)13-5-11(6-14(9-13)22(28,29)30)19(39)37-17-3-1-2-4-18(17)38-20(40)12-7-15(23(31,32)33)10-16(8-12)24(34,35)36/h5-10,17-18H,1-4H2,(H,37,39)(H,38,40)/t17-,18-/m1/s1. The maximum atomic E-state index is 13.1. The lowest BCUT2D eigenvalue weighted by molar-refractivity contribution is -0.144. The van der Waals surface area contributed by atoms with Crippen LogP contribution in [0.2, 0.25) is 0 Å². The lowest BCUT2D eigenvalue weighted by atomic mass is 9.89. The Balaban J connectivity index is 1.87. The quantitative estimate of drug-likeness (QED) is 0.367. The van der Waals surface area contributed by atoms with Gasteiger partial charge in [0.05, 0.1) is 22.3 Å². The third kappa shape index (κ3) is 7.59. The van der Waals surface area contributed by atoms with Gasteiger partial charge in [0, 0.05) is 23.2 Å². The van der Waals surface area contributed by atoms with Crippen LogP contribution < -0.4 is 10.6 Å². The van der Waals surface area contributed by atoms with Crippen LogP contribution in [0.3, 0.4) is 0 Å². The van der Waals surface area contributed by atoms with Gasteiger partial charge in [0.15, 0.2) is 0 Å². The number of nitrogens with one attached hydrogen (secondary N) is 2. The highest BCUT2D eigenvalue weighted by molar-refractivity contribution is 5.96. The topological polar surface area (TPSA) is 58.2 Å². The van der Waals surface area contributed by atoms with Crippen LogP contribution in [0.15, 0.2) is 36.4 Å². The molecule has 0 bridgehead atoms. The Kier molecular flexibility index (Phi) is 8.42. The molecule has 0 aromatic heterocycles. The van der Waals surface area contributed by atoms with Crippen molar-refractivity contribution < 1.29 is 62.3 Å². The summed E-state index contributed by atoms with van der Waals surface area (Å²) < 4.78 is 158. The first kappa shape index (κ1) is 31.1. The number of amides is 2. The molecule has 0 aliphatic heterocycles. The molecule has 0 radical (unpaired) electrons. The van der Waals surface area contributed by atoms with E-state index < -0.39 is 82.0 Å². The number of alkyl halides is 12. The molecule has 2 atom stereocenters. The molecule has 1 aliphatic rings. The van der Waals surface area contributed by atoms with E-state index >= 15 is 0 Å². The first-order chi connectivity index (χ1) is 18.2. The zero-order valence-electron chi connectivity index (χ0n) is 19.8. The van der Waals surface area contributed by atoms with E-state index in [1.807, 2.05) is 0 Å². The molecule has 1 saturated carbocycles. The molecule has 3 rings (SSSR count). The number of rotatable bonds is 4. The zero-order chi connectivity index (χ0) is 30.3. The largest absolute Gasteiger partial charge is 0.416 e. The van der Waals surface area contributed by atoms with E-state index in [9.17, 15) is 62.3 Å². The molecule has 4 nitrogen and oxygen atoms in total. The summed E-state index contributed by atoms with van der Waals surface area (Å²) in [6, 6.07) is -1.78. The molecule has 2 amide bonds. The van der Waals surface area contributed by atoms with Crippen LogP contribution in [0.1, 0.15) is 68.7 Å². The number of carbonyl (C=O) groups excluding carboxylic acids is 2. The van der Waals surface area contributed by atoms with Gasteiger partial charge in [0.2, 0.25) is 0 Å². The zero-order valence-corrected chi connectivity index (χ0v) is 19.8. The molecule has 0 unspecified atom stereocenters. The molecule has 0 spiro atoms. The molecule has 2 N–H and O–H groups in total. The van der Waals surface area contributed by atoms with Crippen molar-refractivity contribution in [1.29, 1.82) is 0 Å². The molecule has 0 heterocycles. The van der Waals surface area contributed by atoms with Crippen LogP contribution in [0.4, 0.5) is 52.7 Å². The summed E-state index contributed by atoms with van der Waals surface area (Å²) in [5, 5.41) is 4.44. The second-order valence-electron chi connectivity index (χ2n) is 9.03. The molecule has 1 aliphatic carbocycles. The minimum absolute atomic E-state index is 0.0537. The van der Waals surface area contributed by atoms with Crippen LogP contribution in [0.5, 0.6) is 0 Å². The van der Waals surface area contributed by atoms with Gasteiger partial charge >= 0.3 is 24.7 Å². The van der Waals surface area contributed by atoms with Crippen molar-refractivity contribution in [3.63, 3.8) is 0 Å². The average molecular weight is 594 g/mol. The van der Waals surface area contributed by atoms with Crippen molar-refractivity contribution in [3.8, 4) is 0 Å². The smallest absolute Gasteiger partial charge is 0.347 e. The number of hydrogen-bond donors (Lipinski definition) is 2. The third-order valence-electron chi connectivity index (χ3n) is 6.10. The second kappa shape index (κ2) is 10.8. The van der Waals surface area contributed by atoms with E-state index in [1.165, 1.54) is 0 Å². The highest BCUT2D eigenvalue weighted by Crippen LogP contribution is 2.38. The Hall–Kier alpha value is -3.46. The van der Waals surface area contributed by atoms with Crippen molar-refractivity contribution in [2.75, 3.05) is 0 Å². The Morgan fingerprint density at radius 2 is 0.750 bits per heavy atom. The first-order valence-electron chi connectivity index (χ1n) is 11.4. The molecule has 0 saturated heterocycles. The Labute approximate surface area is 217 Å². The predicted molar refractivity (Wildman–Crippen MR) is 114 cm³/mol. The van der Waals surface area contributed by atoms with Gasteiger partial charge in [-0.3, -0.25) is 9.59 Å². The third-order valence-corrected chi connectivity index (χ3v) is 6.10. The van der Waals surface area contributed by atoms with E-state index in [0.717, 1.165) is 0 Å². The van der Waals surface area contributed by atoms with Gasteiger partial charge in [-0.15, -0.1) is 0 Å². The minimum atomic E-state index is -5.22. The maximum absolute atomic E-state index is 13.1. The Morgan fingerprint density at radius 3 is 0.975 bits per heavy atom. The van der Waals surface area contributed by atoms with E-state index in [-0.39, 0.29) is 49.2 Å². The second-order valence-corrected chi connectivity index (χ2v) is 9.03. The Bertz CT molecular complexity index is 1100. The van der Waals surface area contributed by atoms with Crippen LogP contribution in [0, 0.1) is 0 Å². The SMILES string of the molecule is O=C(N[C@@H]1CCCC[C@H]1NC(=O)c1cc(C(F)(F)F)cc(C(F)(F)F)c1)c1cc(C(F)(F)F)cc(C(F)(F)F)c1. The maximum Gasteiger partial charge on any atom is 0.416 e. The minimum Gasteiger partial charge on any atom is -0.347 e. The lowest BCUT2D eigenvalue weighted by Gasteiger charge is -2.33. The number of halogens is 12. The van der Waals surface area contributed by atoms with Crippen molar-refractivity contribution >= 4 is 11.8 Å². The van der Waals surface area contributed by atoms with E-state index in [2.05, 4.69) is 10.6 Å². The summed E-state index contributed by atoms with van der Waals surface area (Å²) in [6.07, 6.45) is -20.0. The monoisotopic (exact) mass is 594 g/mol. The van der Waals surface area contributed by atoms with Crippen LogP contribution >= 0.6 is 0 Å². The molecule has 220 valence electrons. The van der Waals surface area contributed by atoms with Gasteiger partial charge in [-0.05, 0) is 49.2 Å². The summed E-state index contributed by atoms with van der Waals surface area (Å²) in [7, 11) is 0. The average Bonchev–Trinajstić information content (AvgIpc) is 2.82. The number of benzene rings is 2. The van der Waals surface area contributed by atoms with Gasteiger partial charge in [-0.2, -0.15) is 52.7 Å². The van der Waals surface area contributed by atoms with E-state index in [1.54, 1.807) is 0 Å². The summed E-state index contributed by atoms with van der Waals surface area (Å²) in [4.78, 5) is 25.3. The Morgan fingerprint density at radius 1 is 0.500 bits per heavy atom. The van der Waals surface area contributed by atoms with Crippen LogP contribution in [-0.2, 0) is 24.7 Å². The van der Waals surface area contributed by atoms with Crippen molar-refractivity contribution in [2.45, 2.75) is 62.5 Å². The fourth-order valence-corrected chi connectivity index (χ4v) is 4.15. The molecule has 40 heavy (non-hydrogen) atoms. The van der Waals surface area contributed by atoms with Gasteiger partial charge in [0.1, 0.15) is 0 Å². The van der Waals surface area contributed by atoms with Gasteiger partial charge < -0.3 is 10.6 Å². The summed E-state index contributed by atoms with van der Waals surface area (Å²) in [6.45, 7) is 0. The number of carbonyl (C=O) groups is 2. The summed E-state index contributed by atoms with van der Waals surface area (Å²) in [5.41, 5.74) is -8.97. The molecule has 2 aromatic carbocycles. The van der Waals surface area contributed by atoms with Gasteiger partial charge in [0.25, 0.3) is 11.8 Å². The molecular weight excluding hydrogens is 576 g/mol. The van der Waals surface area contributed by atoms with Gasteiger partial charge in [-0.1, -0.05) is 12.8 Å². The molecular formula is C24H18F12N2O2. The van der Waals surface area contributed by atoms with Crippen molar-refractivity contribution in [1.82, 2.24) is 10.6 Å². The van der Waals surface area contributed by atoms with Crippen molar-refractivity contribution in [3.05, 3.63) is 69.8 Å². The lowest BCUT2D eigenvalue weighted by Crippen LogP contribution is -2.53.